The van der Waals surface area contributed by atoms with E-state index >= 15 is 0 Å². The molecule has 5 nitrogen and oxygen atoms in total. The van der Waals surface area contributed by atoms with Crippen LogP contribution in [0.1, 0.15) is 16.2 Å². The van der Waals surface area contributed by atoms with Gasteiger partial charge in [0, 0.05) is 17.8 Å². The van der Waals surface area contributed by atoms with Crippen LogP contribution >= 0.6 is 27.3 Å². The van der Waals surface area contributed by atoms with Gasteiger partial charge in [-0.25, -0.2) is 9.97 Å². The lowest BCUT2D eigenvalue weighted by molar-refractivity contribution is 0.102. The lowest BCUT2D eigenvalue weighted by Gasteiger charge is -2.06. The predicted molar refractivity (Wildman–Crippen MR) is 86.1 cm³/mol. The van der Waals surface area contributed by atoms with Gasteiger partial charge in [0.05, 0.1) is 21.2 Å². The van der Waals surface area contributed by atoms with Crippen LogP contribution in [0.3, 0.4) is 0 Å². The lowest BCUT2D eigenvalue weighted by atomic mass is 10.3. The van der Waals surface area contributed by atoms with Crippen LogP contribution in [-0.4, -0.2) is 20.4 Å². The van der Waals surface area contributed by atoms with Gasteiger partial charge in [-0.05, 0) is 41.1 Å². The van der Waals surface area contributed by atoms with Crippen molar-refractivity contribution in [3.05, 3.63) is 57.3 Å². The molecule has 1 N–H and O–H groups in total. The highest BCUT2D eigenvalue weighted by Gasteiger charge is 2.09. The Morgan fingerprint density at radius 2 is 2.24 bits per heavy atom. The number of amides is 1. The quantitative estimate of drug-likeness (QED) is 0.773. The van der Waals surface area contributed by atoms with E-state index in [0.29, 0.717) is 11.3 Å². The topological polar surface area (TPSA) is 59.8 Å². The molecular formula is C14H11BrN4OS. The fourth-order valence-corrected chi connectivity index (χ4v) is 2.99. The molecule has 0 aliphatic rings. The number of aryl methyl sites for hydroxylation is 1. The Morgan fingerprint density at radius 3 is 2.81 bits per heavy atom. The number of nitrogens with zero attached hydrogens (tertiary/aromatic N) is 3. The summed E-state index contributed by atoms with van der Waals surface area (Å²) in [5.74, 6) is 1.48. The zero-order chi connectivity index (χ0) is 14.8. The molecule has 0 radical (unpaired) electrons. The summed E-state index contributed by atoms with van der Waals surface area (Å²) < 4.78 is 2.80. The van der Waals surface area contributed by atoms with Crippen molar-refractivity contribution in [2.45, 2.75) is 6.92 Å². The number of aromatic nitrogens is 3. The molecule has 21 heavy (non-hydrogen) atoms. The molecule has 0 aliphatic carbocycles. The van der Waals surface area contributed by atoms with Crippen molar-refractivity contribution in [3.8, 4) is 5.82 Å². The smallest absolute Gasteiger partial charge is 0.256 e. The van der Waals surface area contributed by atoms with Crippen molar-refractivity contribution in [2.75, 3.05) is 5.32 Å². The van der Waals surface area contributed by atoms with Crippen molar-refractivity contribution in [2.24, 2.45) is 0 Å². The standard InChI is InChI=1S/C14H11BrN4OS/c1-9-16-4-5-19(9)13-3-2-11(7-17-13)18-14(20)10-6-12(15)21-8-10/h2-8H,1H3,(H,18,20). The minimum absolute atomic E-state index is 0.148. The van der Waals surface area contributed by atoms with Gasteiger partial charge in [-0.1, -0.05) is 0 Å². The van der Waals surface area contributed by atoms with Crippen LogP contribution in [0.15, 0.2) is 46.0 Å². The van der Waals surface area contributed by atoms with E-state index in [4.69, 9.17) is 0 Å². The van der Waals surface area contributed by atoms with Crippen molar-refractivity contribution < 1.29 is 4.79 Å². The Kier molecular flexibility index (Phi) is 3.85. The molecule has 0 unspecified atom stereocenters. The van der Waals surface area contributed by atoms with Crippen molar-refractivity contribution in [1.82, 2.24) is 14.5 Å². The molecular weight excluding hydrogens is 352 g/mol. The zero-order valence-corrected chi connectivity index (χ0v) is 13.5. The van der Waals surface area contributed by atoms with Crippen LogP contribution in [0.5, 0.6) is 0 Å². The molecule has 0 atom stereocenters. The number of anilines is 1. The van der Waals surface area contributed by atoms with E-state index in [9.17, 15) is 4.79 Å². The second-order valence-electron chi connectivity index (χ2n) is 4.34. The Bertz CT molecular complexity index is 778. The van der Waals surface area contributed by atoms with Crippen LogP contribution in [-0.2, 0) is 0 Å². The van der Waals surface area contributed by atoms with E-state index in [-0.39, 0.29) is 5.91 Å². The lowest BCUT2D eigenvalue weighted by Crippen LogP contribution is -2.11. The molecule has 0 saturated carbocycles. The molecule has 3 rings (SSSR count). The van der Waals surface area contributed by atoms with Crippen LogP contribution in [0.2, 0.25) is 0 Å². The minimum atomic E-state index is -0.148. The Hall–Kier alpha value is -1.99. The Morgan fingerprint density at radius 1 is 1.38 bits per heavy atom. The summed E-state index contributed by atoms with van der Waals surface area (Å²) in [6, 6.07) is 5.45. The fraction of sp³-hybridized carbons (Fsp3) is 0.0714. The highest BCUT2D eigenvalue weighted by molar-refractivity contribution is 9.11. The average Bonchev–Trinajstić information content (AvgIpc) is 3.08. The first-order valence-corrected chi connectivity index (χ1v) is 7.82. The van der Waals surface area contributed by atoms with Gasteiger partial charge in [-0.15, -0.1) is 11.3 Å². The van der Waals surface area contributed by atoms with Gasteiger partial charge >= 0.3 is 0 Å². The molecule has 3 aromatic heterocycles. The largest absolute Gasteiger partial charge is 0.321 e. The summed E-state index contributed by atoms with van der Waals surface area (Å²) in [5, 5.41) is 4.62. The van der Waals surface area contributed by atoms with E-state index in [1.165, 1.54) is 11.3 Å². The van der Waals surface area contributed by atoms with E-state index in [0.717, 1.165) is 15.4 Å². The minimum Gasteiger partial charge on any atom is -0.321 e. The number of hydrogen-bond donors (Lipinski definition) is 1. The first kappa shape index (κ1) is 14.0. The normalized spacial score (nSPS) is 10.6. The maximum atomic E-state index is 12.0. The molecule has 0 aliphatic heterocycles. The number of carbonyl (C=O) groups excluding carboxylic acids is 1. The summed E-state index contributed by atoms with van der Waals surface area (Å²) in [6.45, 7) is 1.91. The molecule has 0 aromatic carbocycles. The van der Waals surface area contributed by atoms with Crippen molar-refractivity contribution >= 4 is 38.9 Å². The van der Waals surface area contributed by atoms with Gasteiger partial charge in [0.15, 0.2) is 0 Å². The SMILES string of the molecule is Cc1nccn1-c1ccc(NC(=O)c2csc(Br)c2)cn1. The van der Waals surface area contributed by atoms with Gasteiger partial charge in [0.2, 0.25) is 0 Å². The van der Waals surface area contributed by atoms with E-state index in [1.54, 1.807) is 23.8 Å². The van der Waals surface area contributed by atoms with Gasteiger partial charge in [-0.2, -0.15) is 0 Å². The molecule has 1 amide bonds. The van der Waals surface area contributed by atoms with Crippen LogP contribution in [0.25, 0.3) is 5.82 Å². The predicted octanol–water partition coefficient (Wildman–Crippen LogP) is 3.65. The average molecular weight is 363 g/mol. The molecule has 0 saturated heterocycles. The van der Waals surface area contributed by atoms with Crippen LogP contribution < -0.4 is 5.32 Å². The summed E-state index contributed by atoms with van der Waals surface area (Å²) in [6.07, 6.45) is 5.20. The number of rotatable bonds is 3. The van der Waals surface area contributed by atoms with Gasteiger partial charge < -0.3 is 5.32 Å². The number of hydrogen-bond acceptors (Lipinski definition) is 4. The Labute approximate surface area is 133 Å². The molecule has 7 heteroatoms. The zero-order valence-electron chi connectivity index (χ0n) is 11.1. The summed E-state index contributed by atoms with van der Waals surface area (Å²) in [5.41, 5.74) is 1.28. The molecule has 3 heterocycles. The van der Waals surface area contributed by atoms with Crippen molar-refractivity contribution in [3.63, 3.8) is 0 Å². The van der Waals surface area contributed by atoms with Crippen LogP contribution in [0, 0.1) is 6.92 Å². The third kappa shape index (κ3) is 3.03. The third-order valence-corrected chi connectivity index (χ3v) is 4.41. The molecule has 0 bridgehead atoms. The first-order chi connectivity index (χ1) is 10.1. The van der Waals surface area contributed by atoms with E-state index in [1.807, 2.05) is 29.8 Å². The van der Waals surface area contributed by atoms with Crippen LogP contribution in [0.4, 0.5) is 5.69 Å². The maximum absolute atomic E-state index is 12.0. The summed E-state index contributed by atoms with van der Waals surface area (Å²) in [4.78, 5) is 20.5. The number of nitrogens with one attached hydrogen (secondary N) is 1. The Balaban J connectivity index is 1.76. The number of halogens is 1. The second-order valence-corrected chi connectivity index (χ2v) is 6.63. The highest BCUT2D eigenvalue weighted by atomic mass is 79.9. The van der Waals surface area contributed by atoms with Crippen molar-refractivity contribution in [1.29, 1.82) is 0 Å². The molecule has 0 fully saturated rings. The maximum Gasteiger partial charge on any atom is 0.256 e. The summed E-state index contributed by atoms with van der Waals surface area (Å²) in [7, 11) is 0. The fourth-order valence-electron chi connectivity index (χ4n) is 1.85. The van der Waals surface area contributed by atoms with Gasteiger partial charge in [0.25, 0.3) is 5.91 Å². The molecule has 0 spiro atoms. The molecule has 106 valence electrons. The first-order valence-electron chi connectivity index (χ1n) is 6.15. The number of carbonyl (C=O) groups is 1. The van der Waals surface area contributed by atoms with Gasteiger partial charge in [-0.3, -0.25) is 9.36 Å². The van der Waals surface area contributed by atoms with E-state index in [2.05, 4.69) is 31.2 Å². The summed E-state index contributed by atoms with van der Waals surface area (Å²) >= 11 is 4.82. The molecule has 3 aromatic rings. The highest BCUT2D eigenvalue weighted by Crippen LogP contribution is 2.21. The second kappa shape index (κ2) is 5.79. The number of pyridine rings is 1. The number of imidazole rings is 1. The van der Waals surface area contributed by atoms with E-state index < -0.39 is 0 Å². The number of thiophene rings is 1. The third-order valence-electron chi connectivity index (χ3n) is 2.91. The monoisotopic (exact) mass is 362 g/mol. The van der Waals surface area contributed by atoms with Gasteiger partial charge in [0.1, 0.15) is 11.6 Å².